The second-order valence-corrected chi connectivity index (χ2v) is 6.40. The van der Waals surface area contributed by atoms with Crippen LogP contribution in [-0.2, 0) is 6.42 Å². The predicted octanol–water partition coefficient (Wildman–Crippen LogP) is 3.87. The SMILES string of the molecule is CC(Cc1nc(-c2ccc(O)c(O)c2)cs1)n1cc(Cl)cn1. The van der Waals surface area contributed by atoms with Crippen LogP contribution in [0.15, 0.2) is 36.0 Å². The van der Waals surface area contributed by atoms with Gasteiger partial charge in [0.15, 0.2) is 11.5 Å². The van der Waals surface area contributed by atoms with Gasteiger partial charge >= 0.3 is 0 Å². The average Bonchev–Trinajstić information content (AvgIpc) is 3.11. The van der Waals surface area contributed by atoms with Gasteiger partial charge in [0.05, 0.1) is 28.0 Å². The van der Waals surface area contributed by atoms with E-state index >= 15 is 0 Å². The second kappa shape index (κ2) is 5.98. The Kier molecular flexibility index (Phi) is 4.04. The Labute approximate surface area is 136 Å². The molecule has 0 aliphatic heterocycles. The third-order valence-electron chi connectivity index (χ3n) is 3.31. The van der Waals surface area contributed by atoms with Crippen LogP contribution in [0.4, 0.5) is 0 Å². The van der Waals surface area contributed by atoms with Gasteiger partial charge < -0.3 is 10.2 Å². The van der Waals surface area contributed by atoms with Gasteiger partial charge in [0.25, 0.3) is 0 Å². The molecule has 5 nitrogen and oxygen atoms in total. The van der Waals surface area contributed by atoms with Crippen LogP contribution < -0.4 is 0 Å². The number of rotatable bonds is 4. The summed E-state index contributed by atoms with van der Waals surface area (Å²) in [5.74, 6) is -0.282. The van der Waals surface area contributed by atoms with E-state index < -0.39 is 0 Å². The molecule has 0 aliphatic rings. The molecule has 2 aromatic heterocycles. The van der Waals surface area contributed by atoms with Crippen molar-refractivity contribution in [2.75, 3.05) is 0 Å². The molecule has 0 amide bonds. The molecule has 1 unspecified atom stereocenters. The normalized spacial score (nSPS) is 12.5. The zero-order valence-electron chi connectivity index (χ0n) is 11.8. The molecule has 2 N–H and O–H groups in total. The summed E-state index contributed by atoms with van der Waals surface area (Å²) in [6.07, 6.45) is 4.15. The molecule has 3 rings (SSSR count). The van der Waals surface area contributed by atoms with Crippen LogP contribution in [0.1, 0.15) is 18.0 Å². The van der Waals surface area contributed by atoms with Gasteiger partial charge in [0.2, 0.25) is 0 Å². The largest absolute Gasteiger partial charge is 0.504 e. The third kappa shape index (κ3) is 3.08. The molecule has 0 bridgehead atoms. The van der Waals surface area contributed by atoms with E-state index in [-0.39, 0.29) is 17.5 Å². The Morgan fingerprint density at radius 3 is 2.82 bits per heavy atom. The third-order valence-corrected chi connectivity index (χ3v) is 4.38. The number of thiazole rings is 1. The van der Waals surface area contributed by atoms with Gasteiger partial charge in [0, 0.05) is 23.6 Å². The maximum atomic E-state index is 9.57. The van der Waals surface area contributed by atoms with Crippen molar-refractivity contribution in [3.63, 3.8) is 0 Å². The minimum Gasteiger partial charge on any atom is -0.504 e. The number of nitrogens with zero attached hydrogens (tertiary/aromatic N) is 3. The van der Waals surface area contributed by atoms with Gasteiger partial charge in [-0.2, -0.15) is 5.10 Å². The van der Waals surface area contributed by atoms with Crippen molar-refractivity contribution >= 4 is 22.9 Å². The Balaban J connectivity index is 1.77. The Bertz CT molecular complexity index is 800. The van der Waals surface area contributed by atoms with Gasteiger partial charge in [-0.25, -0.2) is 4.98 Å². The maximum Gasteiger partial charge on any atom is 0.158 e. The maximum absolute atomic E-state index is 9.57. The molecular formula is C15H14ClN3O2S. The lowest BCUT2D eigenvalue weighted by Gasteiger charge is -2.09. The highest BCUT2D eigenvalue weighted by Crippen LogP contribution is 2.31. The number of benzene rings is 1. The van der Waals surface area contributed by atoms with Crippen LogP contribution in [-0.4, -0.2) is 25.0 Å². The fraction of sp³-hybridized carbons (Fsp3) is 0.200. The first kappa shape index (κ1) is 14.9. The van der Waals surface area contributed by atoms with Gasteiger partial charge in [0.1, 0.15) is 0 Å². The van der Waals surface area contributed by atoms with Crippen molar-refractivity contribution < 1.29 is 10.2 Å². The fourth-order valence-electron chi connectivity index (χ4n) is 2.12. The number of hydrogen-bond acceptors (Lipinski definition) is 5. The highest BCUT2D eigenvalue weighted by Gasteiger charge is 2.12. The molecule has 0 fully saturated rings. The van der Waals surface area contributed by atoms with Crippen LogP contribution in [0.3, 0.4) is 0 Å². The zero-order valence-corrected chi connectivity index (χ0v) is 13.3. The van der Waals surface area contributed by atoms with E-state index in [1.54, 1.807) is 29.8 Å². The topological polar surface area (TPSA) is 71.2 Å². The van der Waals surface area contributed by atoms with Crippen molar-refractivity contribution in [2.45, 2.75) is 19.4 Å². The van der Waals surface area contributed by atoms with Gasteiger partial charge in [-0.15, -0.1) is 11.3 Å². The number of aromatic nitrogens is 3. The lowest BCUT2D eigenvalue weighted by atomic mass is 10.1. The monoisotopic (exact) mass is 335 g/mol. The summed E-state index contributed by atoms with van der Waals surface area (Å²) in [5.41, 5.74) is 1.55. The fourth-order valence-corrected chi connectivity index (χ4v) is 3.19. The first-order valence-corrected chi connectivity index (χ1v) is 7.95. The standard InChI is InChI=1S/C15H14ClN3O2S/c1-9(19-7-11(16)6-17-19)4-15-18-12(8-22-15)10-2-3-13(20)14(21)5-10/h2-3,5-9,20-21H,4H2,1H3. The Morgan fingerprint density at radius 1 is 1.32 bits per heavy atom. The van der Waals surface area contributed by atoms with Crippen LogP contribution >= 0.6 is 22.9 Å². The van der Waals surface area contributed by atoms with E-state index in [9.17, 15) is 10.2 Å². The molecule has 3 aromatic rings. The number of phenols is 2. The van der Waals surface area contributed by atoms with E-state index in [2.05, 4.69) is 17.0 Å². The minimum absolute atomic E-state index is 0.136. The summed E-state index contributed by atoms with van der Waals surface area (Å²) in [4.78, 5) is 4.58. The van der Waals surface area contributed by atoms with E-state index in [1.165, 1.54) is 12.1 Å². The van der Waals surface area contributed by atoms with Crippen molar-refractivity contribution in [3.05, 3.63) is 46.0 Å². The smallest absolute Gasteiger partial charge is 0.158 e. The highest BCUT2D eigenvalue weighted by molar-refractivity contribution is 7.09. The first-order chi connectivity index (χ1) is 10.5. The Morgan fingerprint density at radius 2 is 2.14 bits per heavy atom. The molecular weight excluding hydrogens is 322 g/mol. The molecule has 22 heavy (non-hydrogen) atoms. The molecule has 0 aliphatic carbocycles. The number of hydrogen-bond donors (Lipinski definition) is 2. The van der Waals surface area contributed by atoms with Crippen molar-refractivity contribution in [1.29, 1.82) is 0 Å². The van der Waals surface area contributed by atoms with E-state index in [1.807, 2.05) is 10.1 Å². The van der Waals surface area contributed by atoms with Crippen molar-refractivity contribution in [1.82, 2.24) is 14.8 Å². The Hall–Kier alpha value is -2.05. The average molecular weight is 336 g/mol. The number of aromatic hydroxyl groups is 2. The summed E-state index contributed by atoms with van der Waals surface area (Å²) in [5, 5.41) is 26.6. The minimum atomic E-state index is -0.147. The summed E-state index contributed by atoms with van der Waals surface area (Å²) in [6.45, 7) is 2.05. The summed E-state index contributed by atoms with van der Waals surface area (Å²) >= 11 is 7.43. The van der Waals surface area contributed by atoms with Gasteiger partial charge in [-0.1, -0.05) is 11.6 Å². The quantitative estimate of drug-likeness (QED) is 0.710. The van der Waals surface area contributed by atoms with Crippen LogP contribution in [0.25, 0.3) is 11.3 Å². The zero-order chi connectivity index (χ0) is 15.7. The molecule has 7 heteroatoms. The second-order valence-electron chi connectivity index (χ2n) is 5.02. The van der Waals surface area contributed by atoms with E-state index in [4.69, 9.17) is 11.6 Å². The lowest BCUT2D eigenvalue weighted by Crippen LogP contribution is -2.08. The van der Waals surface area contributed by atoms with E-state index in [0.717, 1.165) is 22.7 Å². The molecule has 0 radical (unpaired) electrons. The van der Waals surface area contributed by atoms with E-state index in [0.29, 0.717) is 5.02 Å². The molecule has 114 valence electrons. The summed E-state index contributed by atoms with van der Waals surface area (Å²) < 4.78 is 1.82. The van der Waals surface area contributed by atoms with Crippen LogP contribution in [0, 0.1) is 0 Å². The number of phenolic OH excluding ortho intramolecular Hbond substituents is 2. The molecule has 1 atom stereocenters. The first-order valence-electron chi connectivity index (χ1n) is 6.69. The highest BCUT2D eigenvalue weighted by atomic mass is 35.5. The predicted molar refractivity (Wildman–Crippen MR) is 86.5 cm³/mol. The molecule has 0 saturated heterocycles. The number of halogens is 1. The van der Waals surface area contributed by atoms with Gasteiger partial charge in [-0.3, -0.25) is 4.68 Å². The molecule has 0 spiro atoms. The molecule has 0 saturated carbocycles. The molecule has 1 aromatic carbocycles. The molecule has 2 heterocycles. The van der Waals surface area contributed by atoms with Crippen LogP contribution in [0.5, 0.6) is 11.5 Å². The van der Waals surface area contributed by atoms with Crippen molar-refractivity contribution in [2.24, 2.45) is 0 Å². The summed E-state index contributed by atoms with van der Waals surface area (Å²) in [7, 11) is 0. The van der Waals surface area contributed by atoms with Crippen LogP contribution in [0.2, 0.25) is 5.02 Å². The lowest BCUT2D eigenvalue weighted by molar-refractivity contribution is 0.404. The van der Waals surface area contributed by atoms with Gasteiger partial charge in [-0.05, 0) is 25.1 Å². The van der Waals surface area contributed by atoms with Crippen molar-refractivity contribution in [3.8, 4) is 22.8 Å². The summed E-state index contributed by atoms with van der Waals surface area (Å²) in [6, 6.07) is 4.84.